The minimum Gasteiger partial charge on any atom is -0.338 e. The van der Waals surface area contributed by atoms with Gasteiger partial charge in [-0.1, -0.05) is 18.5 Å². The Balaban J connectivity index is 1.60. The van der Waals surface area contributed by atoms with E-state index in [-0.39, 0.29) is 54.4 Å². The first-order valence-corrected chi connectivity index (χ1v) is 9.20. The Hall–Kier alpha value is -2.12. The molecule has 28 heavy (non-hydrogen) atoms. The maximum absolute atomic E-state index is 15.5. The van der Waals surface area contributed by atoms with Crippen molar-refractivity contribution in [2.45, 2.75) is 38.4 Å². The largest absolute Gasteiger partial charge is 0.338 e. The fourth-order valence-corrected chi connectivity index (χ4v) is 3.04. The van der Waals surface area contributed by atoms with Crippen LogP contribution in [0.1, 0.15) is 47.0 Å². The quantitative estimate of drug-likeness (QED) is 0.788. The molecule has 0 saturated carbocycles. The molecule has 1 aromatic heterocycles. The van der Waals surface area contributed by atoms with Gasteiger partial charge in [-0.3, -0.25) is 4.79 Å². The van der Waals surface area contributed by atoms with Crippen molar-refractivity contribution in [3.63, 3.8) is 0 Å². The van der Waals surface area contributed by atoms with Crippen LogP contribution in [0.5, 0.6) is 0 Å². The number of aryl methyl sites for hydroxylation is 1. The number of nitrogens with one attached hydrogen (secondary N) is 1. The predicted octanol–water partition coefficient (Wildman–Crippen LogP) is 3.57. The fourth-order valence-electron chi connectivity index (χ4n) is 2.86. The van der Waals surface area contributed by atoms with Crippen LogP contribution >= 0.6 is 11.6 Å². The third kappa shape index (κ3) is 5.02. The highest BCUT2D eigenvalue weighted by Crippen LogP contribution is 2.27. The average Bonchev–Trinajstić information content (AvgIpc) is 2.74. The Labute approximate surface area is 173 Å². The number of nitrogens with zero attached hydrogens (tertiary/aromatic N) is 3. The normalized spacial score (nSPS) is 19.4. The number of hydrogen-bond acceptors (Lipinski definition) is 4. The highest BCUT2D eigenvalue weighted by Gasteiger charge is 2.36. The van der Waals surface area contributed by atoms with Crippen LogP contribution in [0.3, 0.4) is 0 Å². The Morgan fingerprint density at radius 3 is 2.64 bits per heavy atom. The molecule has 1 N–H and O–H groups in total. The number of amides is 1. The summed E-state index contributed by atoms with van der Waals surface area (Å²) >= 11 is 5.73. The van der Waals surface area contributed by atoms with Crippen LogP contribution in [-0.4, -0.2) is 46.0 Å². The number of carbonyl (C=O) groups is 1. The molecule has 3 rings (SSSR count). The van der Waals surface area contributed by atoms with E-state index < -0.39 is 30.3 Å². The van der Waals surface area contributed by atoms with Gasteiger partial charge >= 0.3 is 0 Å². The van der Waals surface area contributed by atoms with Crippen LogP contribution in [0.25, 0.3) is 0 Å². The second-order valence-corrected chi connectivity index (χ2v) is 6.91. The smallest absolute Gasteiger partial charge is 0.253 e. The molecule has 1 aliphatic rings. The molecule has 0 bridgehead atoms. The molecule has 0 radical (unpaired) electrons. The molecule has 1 amide bonds. The standard InChI is InChI=1S/C20H23ClF2N4O/c1-2-14-10-25-18(26-11-14)12-24-13-20(23)5-7-27(8-6-20)19(28)15-3-4-17(22)16(21)9-15/h3-4,9-11,24H,2,5-8,12-13H2,1H3/i2D2,13D2. The van der Waals surface area contributed by atoms with E-state index in [0.29, 0.717) is 0 Å². The molecule has 2 aromatic rings. The molecule has 2 heterocycles. The lowest BCUT2D eigenvalue weighted by molar-refractivity contribution is 0.0434. The van der Waals surface area contributed by atoms with Crippen LogP contribution in [0.4, 0.5) is 8.78 Å². The first-order valence-electron chi connectivity index (χ1n) is 10.8. The van der Waals surface area contributed by atoms with Crippen molar-refractivity contribution in [2.24, 2.45) is 0 Å². The number of benzene rings is 1. The lowest BCUT2D eigenvalue weighted by atomic mass is 9.92. The summed E-state index contributed by atoms with van der Waals surface area (Å²) in [6.45, 7) is -1.22. The third-order valence-electron chi connectivity index (χ3n) is 4.56. The van der Waals surface area contributed by atoms with Crippen LogP contribution < -0.4 is 5.32 Å². The van der Waals surface area contributed by atoms with Gasteiger partial charge in [-0.25, -0.2) is 18.7 Å². The molecular formula is C20H23ClF2N4O. The molecule has 0 aliphatic carbocycles. The molecule has 1 fully saturated rings. The summed E-state index contributed by atoms with van der Waals surface area (Å²) in [6.07, 6.45) is 0.564. The summed E-state index contributed by atoms with van der Waals surface area (Å²) < 4.78 is 60.5. The predicted molar refractivity (Wildman–Crippen MR) is 104 cm³/mol. The summed E-state index contributed by atoms with van der Waals surface area (Å²) in [5, 5.41) is 2.33. The molecular weight excluding hydrogens is 386 g/mol. The Bertz CT molecular complexity index is 981. The average molecular weight is 413 g/mol. The lowest BCUT2D eigenvalue weighted by Gasteiger charge is -2.36. The molecule has 150 valence electrons. The topological polar surface area (TPSA) is 58.1 Å². The van der Waals surface area contributed by atoms with Crippen molar-refractivity contribution in [1.82, 2.24) is 20.2 Å². The van der Waals surface area contributed by atoms with E-state index in [1.165, 1.54) is 36.4 Å². The number of aromatic nitrogens is 2. The van der Waals surface area contributed by atoms with Gasteiger partial charge in [0.15, 0.2) is 0 Å². The highest BCUT2D eigenvalue weighted by atomic mass is 35.5. The zero-order valence-electron chi connectivity index (χ0n) is 19.3. The van der Waals surface area contributed by atoms with Crippen molar-refractivity contribution in [2.75, 3.05) is 19.6 Å². The first-order chi connectivity index (χ1) is 14.8. The number of halogens is 3. The maximum atomic E-state index is 15.5. The zero-order valence-corrected chi connectivity index (χ0v) is 16.1. The third-order valence-corrected chi connectivity index (χ3v) is 4.85. The molecule has 0 unspecified atom stereocenters. The van der Waals surface area contributed by atoms with E-state index in [2.05, 4.69) is 15.3 Å². The van der Waals surface area contributed by atoms with Crippen molar-refractivity contribution >= 4 is 17.5 Å². The minimum atomic E-state index is -2.41. The molecule has 0 spiro atoms. The molecule has 1 aromatic carbocycles. The Morgan fingerprint density at radius 2 is 2.04 bits per heavy atom. The first kappa shape index (κ1) is 15.8. The Kier molecular flexibility index (Phi) is 5.02. The minimum absolute atomic E-state index is 0.0116. The van der Waals surface area contributed by atoms with Crippen molar-refractivity contribution < 1.29 is 19.1 Å². The summed E-state index contributed by atoms with van der Waals surface area (Å²) in [5.74, 6) is -0.867. The van der Waals surface area contributed by atoms with E-state index in [0.717, 1.165) is 6.07 Å². The zero-order chi connectivity index (χ0) is 23.7. The monoisotopic (exact) mass is 412 g/mol. The number of hydrogen-bond donors (Lipinski definition) is 1. The molecule has 1 aliphatic heterocycles. The number of alkyl halides is 1. The fraction of sp³-hybridized carbons (Fsp3) is 0.450. The van der Waals surface area contributed by atoms with Crippen LogP contribution in [-0.2, 0) is 12.9 Å². The summed E-state index contributed by atoms with van der Waals surface area (Å²) in [7, 11) is 0. The van der Waals surface area contributed by atoms with Crippen LogP contribution in [0.15, 0.2) is 30.6 Å². The van der Waals surface area contributed by atoms with Gasteiger partial charge in [0.2, 0.25) is 0 Å². The van der Waals surface area contributed by atoms with E-state index in [9.17, 15) is 9.18 Å². The van der Waals surface area contributed by atoms with Crippen LogP contribution in [0, 0.1) is 5.82 Å². The van der Waals surface area contributed by atoms with E-state index in [1.807, 2.05) is 0 Å². The van der Waals surface area contributed by atoms with Crippen molar-refractivity contribution in [1.29, 1.82) is 0 Å². The van der Waals surface area contributed by atoms with E-state index in [1.54, 1.807) is 0 Å². The van der Waals surface area contributed by atoms with Crippen molar-refractivity contribution in [3.8, 4) is 0 Å². The summed E-state index contributed by atoms with van der Waals surface area (Å²) in [4.78, 5) is 22.0. The van der Waals surface area contributed by atoms with E-state index >= 15 is 4.39 Å². The molecule has 0 atom stereocenters. The maximum Gasteiger partial charge on any atom is 0.253 e. The van der Waals surface area contributed by atoms with Gasteiger partial charge in [-0.2, -0.15) is 0 Å². The SMILES string of the molecule is [2H]C([2H])(C)c1cnc(CNC([2H])([2H])C2(F)CCN(C(=O)c3ccc(F)c(Cl)c3)CC2)nc1. The van der Waals surface area contributed by atoms with Gasteiger partial charge in [0.25, 0.3) is 5.91 Å². The number of rotatable bonds is 6. The molecule has 1 saturated heterocycles. The van der Waals surface area contributed by atoms with E-state index in [4.69, 9.17) is 17.1 Å². The van der Waals surface area contributed by atoms with Gasteiger partial charge in [0.05, 0.1) is 11.6 Å². The summed E-state index contributed by atoms with van der Waals surface area (Å²) in [6, 6.07) is 3.61. The van der Waals surface area contributed by atoms with Gasteiger partial charge in [0, 0.05) is 55.9 Å². The van der Waals surface area contributed by atoms with Gasteiger partial charge in [-0.15, -0.1) is 0 Å². The van der Waals surface area contributed by atoms with Gasteiger partial charge in [-0.05, 0) is 30.1 Å². The van der Waals surface area contributed by atoms with Crippen molar-refractivity contribution in [3.05, 3.63) is 58.4 Å². The highest BCUT2D eigenvalue weighted by molar-refractivity contribution is 6.31. The number of piperidine rings is 1. The number of carbonyl (C=O) groups excluding carboxylic acids is 1. The second kappa shape index (κ2) is 8.92. The van der Waals surface area contributed by atoms with Gasteiger partial charge in [0.1, 0.15) is 17.3 Å². The molecule has 8 heteroatoms. The number of likely N-dealkylation sites (tertiary alicyclic amines) is 1. The second-order valence-electron chi connectivity index (χ2n) is 6.50. The lowest BCUT2D eigenvalue weighted by Crippen LogP contribution is -2.48. The molecule has 5 nitrogen and oxygen atoms in total. The van der Waals surface area contributed by atoms with Gasteiger partial charge < -0.3 is 10.2 Å². The summed E-state index contributed by atoms with van der Waals surface area (Å²) in [5.41, 5.74) is -1.77. The Morgan fingerprint density at radius 1 is 1.36 bits per heavy atom. The van der Waals surface area contributed by atoms with Crippen LogP contribution in [0.2, 0.25) is 5.02 Å².